The first kappa shape index (κ1) is 14.6. The van der Waals surface area contributed by atoms with E-state index >= 15 is 0 Å². The molecule has 0 atom stereocenters. The third kappa shape index (κ3) is 3.60. The van der Waals surface area contributed by atoms with E-state index in [1.165, 1.54) is 0 Å². The van der Waals surface area contributed by atoms with Gasteiger partial charge in [-0.1, -0.05) is 26.0 Å². The fraction of sp³-hybridized carbons (Fsp3) is 0.429. The molecule has 5 nitrogen and oxygen atoms in total. The maximum Gasteiger partial charge on any atom is 0.214 e. The molecule has 0 fully saturated rings. The molecule has 0 bridgehead atoms. The zero-order valence-electron chi connectivity index (χ0n) is 11.8. The van der Waals surface area contributed by atoms with Crippen molar-refractivity contribution in [3.63, 3.8) is 0 Å². The first-order valence-corrected chi connectivity index (χ1v) is 7.27. The number of benzene rings is 1. The highest BCUT2D eigenvalue weighted by molar-refractivity contribution is 7.71. The molecule has 0 amide bonds. The van der Waals surface area contributed by atoms with E-state index in [9.17, 15) is 0 Å². The molecule has 1 aromatic carbocycles. The molecule has 0 aliphatic carbocycles. The van der Waals surface area contributed by atoms with Crippen molar-refractivity contribution in [3.8, 4) is 5.75 Å². The molecule has 0 radical (unpaired) electrons. The highest BCUT2D eigenvalue weighted by Gasteiger charge is 2.03. The number of nitrogens with one attached hydrogen (secondary N) is 2. The lowest BCUT2D eigenvalue weighted by atomic mass is 10.2. The Bertz CT molecular complexity index is 605. The van der Waals surface area contributed by atoms with Crippen molar-refractivity contribution in [2.45, 2.75) is 33.2 Å². The number of nitrogens with zero attached hydrogens (tertiary/aromatic N) is 2. The largest absolute Gasteiger partial charge is 0.494 e. The average Bonchev–Trinajstić information content (AvgIpc) is 2.83. The van der Waals surface area contributed by atoms with E-state index in [1.54, 1.807) is 0 Å². The lowest BCUT2D eigenvalue weighted by Crippen LogP contribution is -2.17. The van der Waals surface area contributed by atoms with Gasteiger partial charge in [0.2, 0.25) is 4.77 Å². The summed E-state index contributed by atoms with van der Waals surface area (Å²) < 4.78 is 8.03. The van der Waals surface area contributed by atoms with Crippen LogP contribution < -0.4 is 10.2 Å². The van der Waals surface area contributed by atoms with E-state index in [1.807, 2.05) is 29.8 Å². The summed E-state index contributed by atoms with van der Waals surface area (Å²) in [6, 6.07) is 8.07. The van der Waals surface area contributed by atoms with E-state index < -0.39 is 0 Å². The monoisotopic (exact) mass is 292 g/mol. The Labute approximate surface area is 123 Å². The average molecular weight is 292 g/mol. The molecule has 0 aliphatic rings. The van der Waals surface area contributed by atoms with Crippen molar-refractivity contribution >= 4 is 12.2 Å². The molecule has 6 heteroatoms. The lowest BCUT2D eigenvalue weighted by Gasteiger charge is -2.10. The molecule has 0 aliphatic heterocycles. The third-order valence-electron chi connectivity index (χ3n) is 2.87. The van der Waals surface area contributed by atoms with E-state index in [2.05, 4.69) is 28.6 Å². The summed E-state index contributed by atoms with van der Waals surface area (Å²) in [5, 5.41) is 6.96. The minimum Gasteiger partial charge on any atom is -0.494 e. The third-order valence-corrected chi connectivity index (χ3v) is 3.14. The normalized spacial score (nSPS) is 10.5. The SMILES string of the molecule is CCCOc1cccc(CNn2c(CC)n[nH]c2=S)c1. The number of ether oxygens (including phenoxy) is 1. The molecule has 2 N–H and O–H groups in total. The fourth-order valence-corrected chi connectivity index (χ4v) is 2.08. The van der Waals surface area contributed by atoms with Gasteiger partial charge in [-0.3, -0.25) is 5.10 Å². The van der Waals surface area contributed by atoms with Crippen LogP contribution in [0.25, 0.3) is 0 Å². The second-order valence-corrected chi connectivity index (χ2v) is 4.85. The summed E-state index contributed by atoms with van der Waals surface area (Å²) >= 11 is 5.20. The van der Waals surface area contributed by atoms with Crippen LogP contribution in [0.5, 0.6) is 5.75 Å². The summed E-state index contributed by atoms with van der Waals surface area (Å²) in [5.74, 6) is 1.80. The van der Waals surface area contributed by atoms with Crippen molar-refractivity contribution < 1.29 is 4.74 Å². The number of H-pyrrole nitrogens is 1. The van der Waals surface area contributed by atoms with Crippen molar-refractivity contribution in [1.82, 2.24) is 14.9 Å². The van der Waals surface area contributed by atoms with Gasteiger partial charge in [-0.25, -0.2) is 4.68 Å². The van der Waals surface area contributed by atoms with Gasteiger partial charge in [0.1, 0.15) is 5.75 Å². The van der Waals surface area contributed by atoms with Crippen LogP contribution in [0.3, 0.4) is 0 Å². The van der Waals surface area contributed by atoms with E-state index in [-0.39, 0.29) is 0 Å². The first-order valence-electron chi connectivity index (χ1n) is 6.86. The van der Waals surface area contributed by atoms with Crippen LogP contribution in [-0.4, -0.2) is 21.5 Å². The number of aryl methyl sites for hydroxylation is 1. The van der Waals surface area contributed by atoms with E-state index in [0.717, 1.165) is 36.6 Å². The van der Waals surface area contributed by atoms with Crippen molar-refractivity contribution in [1.29, 1.82) is 0 Å². The van der Waals surface area contributed by atoms with Gasteiger partial charge >= 0.3 is 0 Å². The van der Waals surface area contributed by atoms with Crippen molar-refractivity contribution in [3.05, 3.63) is 40.4 Å². The minimum absolute atomic E-state index is 0.584. The van der Waals surface area contributed by atoms with Crippen LogP contribution in [0, 0.1) is 4.77 Å². The van der Waals surface area contributed by atoms with Crippen LogP contribution in [0.2, 0.25) is 0 Å². The number of aromatic amines is 1. The smallest absolute Gasteiger partial charge is 0.214 e. The Balaban J connectivity index is 2.03. The predicted molar refractivity (Wildman–Crippen MR) is 82.1 cm³/mol. The minimum atomic E-state index is 0.584. The molecular weight excluding hydrogens is 272 g/mol. The molecule has 0 spiro atoms. The topological polar surface area (TPSA) is 54.9 Å². The van der Waals surface area contributed by atoms with Crippen LogP contribution in [0.1, 0.15) is 31.7 Å². The molecule has 2 rings (SSSR count). The molecule has 0 unspecified atom stereocenters. The van der Waals surface area contributed by atoms with Gasteiger partial charge in [0.25, 0.3) is 0 Å². The van der Waals surface area contributed by atoms with Gasteiger partial charge in [-0.05, 0) is 36.3 Å². The molecule has 0 saturated carbocycles. The highest BCUT2D eigenvalue weighted by atomic mass is 32.1. The summed E-state index contributed by atoms with van der Waals surface area (Å²) in [4.78, 5) is 0. The Hall–Kier alpha value is -1.82. The van der Waals surface area contributed by atoms with Gasteiger partial charge < -0.3 is 10.2 Å². The predicted octanol–water partition coefficient (Wildman–Crippen LogP) is 3.04. The number of hydrogen-bond donors (Lipinski definition) is 2. The highest BCUT2D eigenvalue weighted by Crippen LogP contribution is 2.13. The maximum atomic E-state index is 5.63. The number of aromatic nitrogens is 3. The summed E-state index contributed by atoms with van der Waals surface area (Å²) in [7, 11) is 0. The summed E-state index contributed by atoms with van der Waals surface area (Å²) in [6.45, 7) is 5.55. The zero-order valence-corrected chi connectivity index (χ0v) is 12.7. The van der Waals surface area contributed by atoms with Crippen molar-refractivity contribution in [2.24, 2.45) is 0 Å². The maximum absolute atomic E-state index is 5.63. The number of hydrogen-bond acceptors (Lipinski definition) is 4. The van der Waals surface area contributed by atoms with Gasteiger partial charge in [0.15, 0.2) is 5.82 Å². The number of rotatable bonds is 7. The van der Waals surface area contributed by atoms with Crippen LogP contribution in [0.4, 0.5) is 0 Å². The van der Waals surface area contributed by atoms with E-state index in [0.29, 0.717) is 11.3 Å². The molecular formula is C14H20N4OS. The molecule has 108 valence electrons. The van der Waals surface area contributed by atoms with Crippen LogP contribution >= 0.6 is 12.2 Å². The molecule has 2 aromatic rings. The standard InChI is InChI=1S/C14H20N4OS/c1-3-8-19-12-7-5-6-11(9-12)10-15-18-13(4-2)16-17-14(18)20/h5-7,9,15H,3-4,8,10H2,1-2H3,(H,17,20). The van der Waals surface area contributed by atoms with Crippen LogP contribution in [-0.2, 0) is 13.0 Å². The van der Waals surface area contributed by atoms with Crippen LogP contribution in [0.15, 0.2) is 24.3 Å². The van der Waals surface area contributed by atoms with Gasteiger partial charge in [0, 0.05) is 6.42 Å². The second-order valence-electron chi connectivity index (χ2n) is 4.46. The lowest BCUT2D eigenvalue weighted by molar-refractivity contribution is 0.317. The second kappa shape index (κ2) is 7.09. The van der Waals surface area contributed by atoms with Crippen molar-refractivity contribution in [2.75, 3.05) is 12.0 Å². The first-order chi connectivity index (χ1) is 9.74. The quantitative estimate of drug-likeness (QED) is 0.770. The Morgan fingerprint density at radius 1 is 1.40 bits per heavy atom. The van der Waals surface area contributed by atoms with Gasteiger partial charge in [-0.15, -0.1) is 0 Å². The molecule has 1 aromatic heterocycles. The zero-order chi connectivity index (χ0) is 14.4. The fourth-order valence-electron chi connectivity index (χ4n) is 1.87. The van der Waals surface area contributed by atoms with Gasteiger partial charge in [0.05, 0.1) is 13.2 Å². The molecule has 0 saturated heterocycles. The summed E-state index contributed by atoms with van der Waals surface area (Å²) in [6.07, 6.45) is 1.83. The molecule has 1 heterocycles. The Morgan fingerprint density at radius 2 is 2.25 bits per heavy atom. The molecule has 20 heavy (non-hydrogen) atoms. The Morgan fingerprint density at radius 3 is 3.00 bits per heavy atom. The van der Waals surface area contributed by atoms with E-state index in [4.69, 9.17) is 17.0 Å². The Kier molecular flexibility index (Phi) is 5.17. The summed E-state index contributed by atoms with van der Waals surface area (Å²) in [5.41, 5.74) is 4.42. The van der Waals surface area contributed by atoms with Gasteiger partial charge in [-0.2, -0.15) is 5.10 Å².